The van der Waals surface area contributed by atoms with Crippen molar-refractivity contribution in [3.8, 4) is 0 Å². The van der Waals surface area contributed by atoms with Crippen LogP contribution in [0.5, 0.6) is 0 Å². The van der Waals surface area contributed by atoms with E-state index in [1.54, 1.807) is 20.8 Å². The number of rotatable bonds is 3. The van der Waals surface area contributed by atoms with E-state index in [1.165, 1.54) is 0 Å². The molecule has 0 radical (unpaired) electrons. The first-order valence-corrected chi connectivity index (χ1v) is 11.3. The van der Waals surface area contributed by atoms with Crippen LogP contribution < -0.4 is 0 Å². The van der Waals surface area contributed by atoms with Gasteiger partial charge in [0.2, 0.25) is 0 Å². The van der Waals surface area contributed by atoms with Gasteiger partial charge in [0.25, 0.3) is 0 Å². The van der Waals surface area contributed by atoms with Crippen molar-refractivity contribution < 1.29 is 27.1 Å². The third-order valence-corrected chi connectivity index (χ3v) is 9.06. The summed E-state index contributed by atoms with van der Waals surface area (Å²) in [7, 11) is -2.13. The van der Waals surface area contributed by atoms with Crippen molar-refractivity contribution in [1.29, 1.82) is 0 Å². The van der Waals surface area contributed by atoms with Crippen LogP contribution in [0.1, 0.15) is 48.0 Å². The third-order valence-electron chi connectivity index (χ3n) is 4.56. The van der Waals surface area contributed by atoms with Gasteiger partial charge in [-0.15, -0.1) is 0 Å². The van der Waals surface area contributed by atoms with Gasteiger partial charge in [0.15, 0.2) is 8.32 Å². The molecule has 0 bridgehead atoms. The lowest BCUT2D eigenvalue weighted by Gasteiger charge is -2.38. The Morgan fingerprint density at radius 1 is 1.20 bits per heavy atom. The van der Waals surface area contributed by atoms with E-state index in [9.17, 15) is 18.0 Å². The van der Waals surface area contributed by atoms with E-state index < -0.39 is 37.8 Å². The second kappa shape index (κ2) is 6.94. The Morgan fingerprint density at radius 2 is 1.72 bits per heavy atom. The molecule has 0 unspecified atom stereocenters. The minimum Gasteiger partial charge on any atom is -0.443 e. The molecule has 0 saturated heterocycles. The molecule has 0 aliphatic carbocycles. The van der Waals surface area contributed by atoms with Crippen molar-refractivity contribution in [3.63, 3.8) is 0 Å². The maximum atomic E-state index is 13.1. The Labute approximate surface area is 149 Å². The van der Waals surface area contributed by atoms with E-state index in [1.807, 2.05) is 13.1 Å². The van der Waals surface area contributed by atoms with Gasteiger partial charge in [-0.25, -0.2) is 4.79 Å². The highest BCUT2D eigenvalue weighted by atomic mass is 28.4. The van der Waals surface area contributed by atoms with E-state index in [0.29, 0.717) is 0 Å². The molecule has 0 fully saturated rings. The van der Waals surface area contributed by atoms with E-state index in [0.717, 1.165) is 11.1 Å². The SMILES string of the molecule is CC(C)(C)OC(=O)N1C=C(C(F)(F)F)C[C@H]1CO[Si](C)(C)C(C)(C)C. The number of ether oxygens (including phenoxy) is 1. The second-order valence-corrected chi connectivity index (χ2v) is 13.8. The smallest absolute Gasteiger partial charge is 0.414 e. The normalized spacial score (nSPS) is 19.9. The van der Waals surface area contributed by atoms with E-state index >= 15 is 0 Å². The summed E-state index contributed by atoms with van der Waals surface area (Å²) in [5.41, 5.74) is -1.52. The monoisotopic (exact) mass is 381 g/mol. The van der Waals surface area contributed by atoms with Crippen LogP contribution in [0.15, 0.2) is 11.8 Å². The molecule has 0 aromatic heterocycles. The summed E-state index contributed by atoms with van der Waals surface area (Å²) >= 11 is 0. The van der Waals surface area contributed by atoms with Gasteiger partial charge in [0, 0.05) is 12.6 Å². The van der Waals surface area contributed by atoms with Crippen LogP contribution in [0.2, 0.25) is 18.1 Å². The summed E-state index contributed by atoms with van der Waals surface area (Å²) in [6.07, 6.45) is -4.67. The van der Waals surface area contributed by atoms with Gasteiger partial charge in [-0.05, 0) is 38.9 Å². The van der Waals surface area contributed by atoms with Gasteiger partial charge >= 0.3 is 12.3 Å². The van der Waals surface area contributed by atoms with Crippen LogP contribution >= 0.6 is 0 Å². The molecule has 0 spiro atoms. The first-order valence-electron chi connectivity index (χ1n) is 8.37. The van der Waals surface area contributed by atoms with E-state index in [2.05, 4.69) is 20.8 Å². The Balaban J connectivity index is 2.95. The number of hydrogen-bond acceptors (Lipinski definition) is 3. The van der Waals surface area contributed by atoms with Crippen molar-refractivity contribution >= 4 is 14.4 Å². The van der Waals surface area contributed by atoms with Crippen molar-refractivity contribution in [1.82, 2.24) is 4.90 Å². The molecule has 0 aromatic rings. The van der Waals surface area contributed by atoms with Gasteiger partial charge in [-0.3, -0.25) is 4.90 Å². The number of amides is 1. The molecule has 1 heterocycles. The Kier molecular flexibility index (Phi) is 6.12. The predicted molar refractivity (Wildman–Crippen MR) is 93.8 cm³/mol. The fraction of sp³-hybridized carbons (Fsp3) is 0.824. The molecule has 8 heteroatoms. The molecule has 0 aromatic carbocycles. The highest BCUT2D eigenvalue weighted by Crippen LogP contribution is 2.39. The van der Waals surface area contributed by atoms with Crippen LogP contribution in [0.25, 0.3) is 0 Å². The number of carbonyl (C=O) groups is 1. The molecular weight excluding hydrogens is 351 g/mol. The van der Waals surface area contributed by atoms with Crippen LogP contribution in [0, 0.1) is 0 Å². The van der Waals surface area contributed by atoms with Gasteiger partial charge in [0.1, 0.15) is 5.60 Å². The molecule has 1 aliphatic rings. The van der Waals surface area contributed by atoms with Gasteiger partial charge in [0.05, 0.1) is 18.2 Å². The zero-order chi connectivity index (χ0) is 19.8. The second-order valence-electron chi connectivity index (χ2n) is 8.97. The zero-order valence-corrected chi connectivity index (χ0v) is 17.4. The summed E-state index contributed by atoms with van der Waals surface area (Å²) in [5, 5.41) is -0.0668. The minimum atomic E-state index is -4.47. The maximum absolute atomic E-state index is 13.1. The Bertz CT molecular complexity index is 531. The van der Waals surface area contributed by atoms with Crippen molar-refractivity contribution in [3.05, 3.63) is 11.8 Å². The van der Waals surface area contributed by atoms with Crippen LogP contribution in [0.3, 0.4) is 0 Å². The summed E-state index contributed by atoms with van der Waals surface area (Å²) in [6, 6.07) is -0.708. The highest BCUT2D eigenvalue weighted by molar-refractivity contribution is 6.74. The number of nitrogens with zero attached hydrogens (tertiary/aromatic N) is 1. The van der Waals surface area contributed by atoms with Crippen LogP contribution in [-0.2, 0) is 9.16 Å². The van der Waals surface area contributed by atoms with Gasteiger partial charge in [-0.1, -0.05) is 20.8 Å². The van der Waals surface area contributed by atoms with Crippen LogP contribution in [0.4, 0.5) is 18.0 Å². The topological polar surface area (TPSA) is 38.8 Å². The van der Waals surface area contributed by atoms with Crippen molar-refractivity contribution in [2.75, 3.05) is 6.61 Å². The molecule has 25 heavy (non-hydrogen) atoms. The standard InChI is InChI=1S/C17H30F3NO3Si/c1-15(2,3)24-14(22)21-10-12(17(18,19)20)9-13(21)11-23-25(7,8)16(4,5)6/h10,13H,9,11H2,1-8H3/t13-/m0/s1. The van der Waals surface area contributed by atoms with Crippen LogP contribution in [-0.4, -0.2) is 43.7 Å². The third kappa shape index (κ3) is 6.02. The number of halogens is 3. The quantitative estimate of drug-likeness (QED) is 0.609. The predicted octanol–water partition coefficient (Wildman–Crippen LogP) is 5.46. The highest BCUT2D eigenvalue weighted by Gasteiger charge is 2.45. The lowest BCUT2D eigenvalue weighted by Crippen LogP contribution is -2.46. The molecule has 1 amide bonds. The molecule has 1 aliphatic heterocycles. The van der Waals surface area contributed by atoms with Crippen molar-refractivity contribution in [2.24, 2.45) is 0 Å². The summed E-state index contributed by atoms with van der Waals surface area (Å²) in [5.74, 6) is 0. The molecule has 4 nitrogen and oxygen atoms in total. The van der Waals surface area contributed by atoms with E-state index in [-0.39, 0.29) is 18.1 Å². The molecule has 0 saturated carbocycles. The largest absolute Gasteiger partial charge is 0.443 e. The van der Waals surface area contributed by atoms with Gasteiger partial charge < -0.3 is 9.16 Å². The van der Waals surface area contributed by atoms with E-state index in [4.69, 9.17) is 9.16 Å². The fourth-order valence-corrected chi connectivity index (χ4v) is 3.09. The van der Waals surface area contributed by atoms with Crippen molar-refractivity contribution in [2.45, 2.75) is 83.9 Å². The lowest BCUT2D eigenvalue weighted by atomic mass is 10.1. The fourth-order valence-electron chi connectivity index (χ4n) is 2.04. The summed E-state index contributed by atoms with van der Waals surface area (Å²) in [6.45, 7) is 15.3. The average molecular weight is 382 g/mol. The lowest BCUT2D eigenvalue weighted by molar-refractivity contribution is -0.0935. The molecule has 1 rings (SSSR count). The first kappa shape index (κ1) is 22.0. The first-order chi connectivity index (χ1) is 10.9. The Hall–Kier alpha value is -1.02. The molecular formula is C17H30F3NO3Si. The number of hydrogen-bond donors (Lipinski definition) is 0. The number of alkyl halides is 3. The van der Waals surface area contributed by atoms with Gasteiger partial charge in [-0.2, -0.15) is 13.2 Å². The number of carbonyl (C=O) groups excluding carboxylic acids is 1. The molecule has 0 N–H and O–H groups in total. The molecule has 146 valence electrons. The zero-order valence-electron chi connectivity index (χ0n) is 16.4. The average Bonchev–Trinajstić information content (AvgIpc) is 2.76. The Morgan fingerprint density at radius 3 is 2.12 bits per heavy atom. The molecule has 1 atom stereocenters. The summed E-state index contributed by atoms with van der Waals surface area (Å²) < 4.78 is 50.6. The maximum Gasteiger partial charge on any atom is 0.414 e. The summed E-state index contributed by atoms with van der Waals surface area (Å²) in [4.78, 5) is 13.3. The minimum absolute atomic E-state index is 0.0613.